The van der Waals surface area contributed by atoms with E-state index in [9.17, 15) is 0 Å². The maximum Gasteiger partial charge on any atom is 0.232 e. The molecule has 3 heteroatoms. The molecular weight excluding hydrogens is 234 g/mol. The zero-order chi connectivity index (χ0) is 13.8. The molecule has 0 saturated carbocycles. The fraction of sp³-hybridized carbons (Fsp3) is 0.312. The number of hydrogen-bond donors (Lipinski definition) is 0. The summed E-state index contributed by atoms with van der Waals surface area (Å²) in [6.45, 7) is 6.27. The van der Waals surface area contributed by atoms with E-state index >= 15 is 0 Å². The van der Waals surface area contributed by atoms with Crippen molar-refractivity contribution in [3.8, 4) is 17.3 Å². The van der Waals surface area contributed by atoms with E-state index in [2.05, 4.69) is 36.8 Å². The van der Waals surface area contributed by atoms with Gasteiger partial charge >= 0.3 is 0 Å². The Hall–Kier alpha value is -2.21. The molecule has 0 saturated heterocycles. The van der Waals surface area contributed by atoms with Gasteiger partial charge in [0, 0.05) is 11.3 Å². The molecule has 0 atom stereocenters. The minimum atomic E-state index is 0.252. The van der Waals surface area contributed by atoms with Crippen LogP contribution in [0.15, 0.2) is 24.3 Å². The molecule has 0 aliphatic heterocycles. The quantitative estimate of drug-likeness (QED) is 0.837. The van der Waals surface area contributed by atoms with Crippen molar-refractivity contribution < 1.29 is 0 Å². The van der Waals surface area contributed by atoms with Gasteiger partial charge in [-0.2, -0.15) is 5.26 Å². The van der Waals surface area contributed by atoms with Crippen LogP contribution in [-0.4, -0.2) is 9.97 Å². The van der Waals surface area contributed by atoms with Gasteiger partial charge in [-0.25, -0.2) is 9.97 Å². The van der Waals surface area contributed by atoms with E-state index < -0.39 is 0 Å². The van der Waals surface area contributed by atoms with Crippen LogP contribution >= 0.6 is 0 Å². The molecule has 0 unspecified atom stereocenters. The second-order valence-corrected chi connectivity index (χ2v) is 4.68. The second kappa shape index (κ2) is 5.62. The number of benzene rings is 1. The first-order valence-corrected chi connectivity index (χ1v) is 6.50. The Kier molecular flexibility index (Phi) is 3.91. The number of aromatic nitrogens is 2. The van der Waals surface area contributed by atoms with E-state index in [0.717, 1.165) is 29.8 Å². The van der Waals surface area contributed by atoms with Gasteiger partial charge < -0.3 is 0 Å². The molecule has 0 N–H and O–H groups in total. The molecule has 19 heavy (non-hydrogen) atoms. The Balaban J connectivity index is 2.58. The molecule has 0 fully saturated rings. The number of hydrogen-bond acceptors (Lipinski definition) is 3. The summed E-state index contributed by atoms with van der Waals surface area (Å²) >= 11 is 0. The van der Waals surface area contributed by atoms with Gasteiger partial charge in [-0.05, 0) is 37.5 Å². The molecule has 1 aromatic carbocycles. The standard InChI is InChI=1S/C16H17N3/c1-4-6-13-9-15(19-16(10-17)18-13)14-8-5-7-11(2)12(14)3/h5,7-9H,4,6H2,1-3H3. The van der Waals surface area contributed by atoms with Crippen molar-refractivity contribution in [3.05, 3.63) is 46.9 Å². The molecule has 3 nitrogen and oxygen atoms in total. The number of nitriles is 1. The smallest absolute Gasteiger partial charge is 0.224 e. The molecule has 0 radical (unpaired) electrons. The summed E-state index contributed by atoms with van der Waals surface area (Å²) in [5, 5.41) is 9.05. The third-order valence-corrected chi connectivity index (χ3v) is 3.27. The zero-order valence-corrected chi connectivity index (χ0v) is 11.6. The van der Waals surface area contributed by atoms with Crippen LogP contribution in [0.4, 0.5) is 0 Å². The van der Waals surface area contributed by atoms with Gasteiger partial charge in [-0.3, -0.25) is 0 Å². The van der Waals surface area contributed by atoms with Crippen LogP contribution < -0.4 is 0 Å². The van der Waals surface area contributed by atoms with Gasteiger partial charge in [0.15, 0.2) is 0 Å². The first-order chi connectivity index (χ1) is 9.15. The molecule has 0 aliphatic carbocycles. The summed E-state index contributed by atoms with van der Waals surface area (Å²) < 4.78 is 0. The average Bonchev–Trinajstić information content (AvgIpc) is 2.42. The number of rotatable bonds is 3. The van der Waals surface area contributed by atoms with Crippen molar-refractivity contribution in [3.63, 3.8) is 0 Å². The van der Waals surface area contributed by atoms with Crippen LogP contribution in [0.25, 0.3) is 11.3 Å². The molecule has 1 aromatic heterocycles. The maximum absolute atomic E-state index is 9.05. The highest BCUT2D eigenvalue weighted by Crippen LogP contribution is 2.24. The van der Waals surface area contributed by atoms with Gasteiger partial charge in [0.05, 0.1) is 5.69 Å². The molecule has 96 valence electrons. The average molecular weight is 251 g/mol. The highest BCUT2D eigenvalue weighted by molar-refractivity contribution is 5.65. The lowest BCUT2D eigenvalue weighted by Gasteiger charge is -2.09. The highest BCUT2D eigenvalue weighted by atomic mass is 14.9. The number of aryl methyl sites for hydroxylation is 2. The van der Waals surface area contributed by atoms with Crippen molar-refractivity contribution in [1.29, 1.82) is 5.26 Å². The minimum absolute atomic E-state index is 0.252. The summed E-state index contributed by atoms with van der Waals surface area (Å²) in [5.74, 6) is 0.252. The van der Waals surface area contributed by atoms with Gasteiger partial charge in [0.1, 0.15) is 6.07 Å². The summed E-state index contributed by atoms with van der Waals surface area (Å²) in [7, 11) is 0. The third-order valence-electron chi connectivity index (χ3n) is 3.27. The normalized spacial score (nSPS) is 10.2. The molecule has 0 aliphatic rings. The van der Waals surface area contributed by atoms with Gasteiger partial charge in [-0.15, -0.1) is 0 Å². The Morgan fingerprint density at radius 3 is 2.68 bits per heavy atom. The van der Waals surface area contributed by atoms with Crippen LogP contribution in [-0.2, 0) is 6.42 Å². The summed E-state index contributed by atoms with van der Waals surface area (Å²) in [6, 6.07) is 10.2. The van der Waals surface area contributed by atoms with Crippen molar-refractivity contribution >= 4 is 0 Å². The van der Waals surface area contributed by atoms with Crippen LogP contribution in [0.5, 0.6) is 0 Å². The van der Waals surface area contributed by atoms with E-state index in [1.807, 2.05) is 24.3 Å². The Morgan fingerprint density at radius 1 is 1.21 bits per heavy atom. The lowest BCUT2D eigenvalue weighted by atomic mass is 10.00. The Morgan fingerprint density at radius 2 is 2.00 bits per heavy atom. The van der Waals surface area contributed by atoms with Crippen molar-refractivity contribution in [2.45, 2.75) is 33.6 Å². The van der Waals surface area contributed by atoms with E-state index in [1.54, 1.807) is 0 Å². The second-order valence-electron chi connectivity index (χ2n) is 4.68. The van der Waals surface area contributed by atoms with E-state index in [1.165, 1.54) is 11.1 Å². The first-order valence-electron chi connectivity index (χ1n) is 6.50. The lowest BCUT2D eigenvalue weighted by molar-refractivity contribution is 0.867. The zero-order valence-electron chi connectivity index (χ0n) is 11.6. The summed E-state index contributed by atoms with van der Waals surface area (Å²) in [6.07, 6.45) is 1.88. The van der Waals surface area contributed by atoms with Crippen molar-refractivity contribution in [1.82, 2.24) is 9.97 Å². The van der Waals surface area contributed by atoms with Crippen molar-refractivity contribution in [2.75, 3.05) is 0 Å². The molecule has 2 rings (SSSR count). The van der Waals surface area contributed by atoms with Crippen LogP contribution in [0, 0.1) is 25.2 Å². The predicted octanol–water partition coefficient (Wildman–Crippen LogP) is 3.58. The topological polar surface area (TPSA) is 49.6 Å². The maximum atomic E-state index is 9.05. The minimum Gasteiger partial charge on any atom is -0.224 e. The largest absolute Gasteiger partial charge is 0.232 e. The highest BCUT2D eigenvalue weighted by Gasteiger charge is 2.09. The number of nitrogens with zero attached hydrogens (tertiary/aromatic N) is 3. The first kappa shape index (κ1) is 13.2. The van der Waals surface area contributed by atoms with Gasteiger partial charge in [-0.1, -0.05) is 31.5 Å². The molecule has 0 spiro atoms. The fourth-order valence-corrected chi connectivity index (χ4v) is 2.10. The van der Waals surface area contributed by atoms with E-state index in [4.69, 9.17) is 5.26 Å². The molecule has 0 amide bonds. The SMILES string of the molecule is CCCc1cc(-c2cccc(C)c2C)nc(C#N)n1. The summed E-state index contributed by atoms with van der Waals surface area (Å²) in [4.78, 5) is 8.58. The van der Waals surface area contributed by atoms with Gasteiger partial charge in [0.2, 0.25) is 5.82 Å². The lowest BCUT2D eigenvalue weighted by Crippen LogP contribution is -1.99. The fourth-order valence-electron chi connectivity index (χ4n) is 2.10. The molecule has 2 aromatic rings. The third kappa shape index (κ3) is 2.79. The van der Waals surface area contributed by atoms with Crippen LogP contribution in [0.2, 0.25) is 0 Å². The van der Waals surface area contributed by atoms with Crippen LogP contribution in [0.3, 0.4) is 0 Å². The molecule has 0 bridgehead atoms. The Bertz CT molecular complexity index is 639. The van der Waals surface area contributed by atoms with Gasteiger partial charge in [0.25, 0.3) is 0 Å². The predicted molar refractivity (Wildman–Crippen MR) is 75.7 cm³/mol. The molecule has 1 heterocycles. The monoisotopic (exact) mass is 251 g/mol. The Labute approximate surface area is 114 Å². The molecular formula is C16H17N3. The summed E-state index contributed by atoms with van der Waals surface area (Å²) in [5.41, 5.74) is 5.29. The van der Waals surface area contributed by atoms with Crippen LogP contribution in [0.1, 0.15) is 36.0 Å². The van der Waals surface area contributed by atoms with E-state index in [-0.39, 0.29) is 5.82 Å². The van der Waals surface area contributed by atoms with Crippen molar-refractivity contribution in [2.24, 2.45) is 0 Å². The van der Waals surface area contributed by atoms with E-state index in [0.29, 0.717) is 0 Å².